The van der Waals surface area contributed by atoms with Crippen LogP contribution in [-0.2, 0) is 19.4 Å². The molecule has 0 saturated heterocycles. The summed E-state index contributed by atoms with van der Waals surface area (Å²) in [4.78, 5) is 30.2. The van der Waals surface area contributed by atoms with E-state index in [0.29, 0.717) is 0 Å². The molecule has 0 aromatic heterocycles. The summed E-state index contributed by atoms with van der Waals surface area (Å²) in [6, 6.07) is 0. The summed E-state index contributed by atoms with van der Waals surface area (Å²) in [6.07, 6.45) is 12.0. The topological polar surface area (TPSA) is 52.6 Å². The molecular formula is C12H15NaO4. The number of hydrogen-bond acceptors (Lipinski definition) is 4. The van der Waals surface area contributed by atoms with Gasteiger partial charge in [0.05, 0.1) is 0 Å². The number of carbonyl (C=O) groups is 2. The molecule has 0 atom stereocenters. The molecule has 0 radical (unpaired) electrons. The molecule has 0 spiro atoms. The largest absolute Gasteiger partial charge is 1.00 e. The van der Waals surface area contributed by atoms with E-state index >= 15 is 0 Å². The Bertz CT molecular complexity index is 312. The van der Waals surface area contributed by atoms with Gasteiger partial charge in [-0.2, -0.15) is 0 Å². The first-order valence-corrected chi connectivity index (χ1v) is 4.72. The average Bonchev–Trinajstić information content (AvgIpc) is 2.27. The molecule has 0 amide bonds. The van der Waals surface area contributed by atoms with Crippen LogP contribution < -0.4 is 29.6 Å². The Hall–Kier alpha value is -1.10. The zero-order valence-electron chi connectivity index (χ0n) is 11.3. The van der Waals surface area contributed by atoms with Crippen molar-refractivity contribution >= 4 is 11.9 Å². The minimum Gasteiger partial charge on any atom is -1.00 e. The van der Waals surface area contributed by atoms with Crippen molar-refractivity contribution in [2.75, 3.05) is 0 Å². The fourth-order valence-corrected chi connectivity index (χ4v) is 0.628. The quantitative estimate of drug-likeness (QED) is 0.218. The second-order valence-corrected chi connectivity index (χ2v) is 2.57. The molecule has 0 saturated carbocycles. The van der Waals surface area contributed by atoms with Crippen molar-refractivity contribution in [2.24, 2.45) is 0 Å². The summed E-state index contributed by atoms with van der Waals surface area (Å²) in [5.41, 5.74) is 0. The minimum atomic E-state index is -0.745. The Balaban J connectivity index is -0.00000112. The zero-order valence-corrected chi connectivity index (χ0v) is 12.3. The van der Waals surface area contributed by atoms with Gasteiger partial charge in [0.1, 0.15) is 0 Å². The first kappa shape index (κ1) is 18.3. The molecule has 17 heavy (non-hydrogen) atoms. The first-order valence-electron chi connectivity index (χ1n) is 4.72. The number of rotatable bonds is 4. The number of carbonyl (C=O) groups excluding carboxylic acids is 2. The minimum absolute atomic E-state index is 0. The van der Waals surface area contributed by atoms with E-state index in [0.717, 1.165) is 12.2 Å². The Labute approximate surface area is 124 Å². The van der Waals surface area contributed by atoms with Crippen LogP contribution in [0.5, 0.6) is 0 Å². The summed E-state index contributed by atoms with van der Waals surface area (Å²) in [5.74, 6) is -1.49. The van der Waals surface area contributed by atoms with Gasteiger partial charge in [-0.15, -0.1) is 0 Å². The molecular weight excluding hydrogens is 231 g/mol. The molecule has 0 aliphatic carbocycles. The van der Waals surface area contributed by atoms with E-state index < -0.39 is 11.9 Å². The van der Waals surface area contributed by atoms with Gasteiger partial charge in [0.15, 0.2) is 0 Å². The van der Waals surface area contributed by atoms with Crippen LogP contribution in [0, 0.1) is 0 Å². The fourth-order valence-electron chi connectivity index (χ4n) is 0.628. The van der Waals surface area contributed by atoms with Crippen LogP contribution in [0.25, 0.3) is 0 Å². The monoisotopic (exact) mass is 246 g/mol. The fraction of sp³-hybridized carbons (Fsp3) is 0.167. The van der Waals surface area contributed by atoms with Crippen molar-refractivity contribution in [3.63, 3.8) is 0 Å². The maximum absolute atomic E-state index is 10.9. The summed E-state index contributed by atoms with van der Waals surface area (Å²) >= 11 is 0. The molecule has 0 aromatic rings. The van der Waals surface area contributed by atoms with E-state index in [2.05, 4.69) is 9.78 Å². The summed E-state index contributed by atoms with van der Waals surface area (Å²) in [6.45, 7) is 3.61. The second kappa shape index (κ2) is 13.0. The Kier molecular flexibility index (Phi) is 13.9. The van der Waals surface area contributed by atoms with E-state index in [1.807, 2.05) is 13.8 Å². The summed E-state index contributed by atoms with van der Waals surface area (Å²) < 4.78 is 0. The molecule has 0 N–H and O–H groups in total. The van der Waals surface area contributed by atoms with Gasteiger partial charge in [-0.1, -0.05) is 36.5 Å². The average molecular weight is 246 g/mol. The van der Waals surface area contributed by atoms with Crippen LogP contribution in [0.1, 0.15) is 15.3 Å². The van der Waals surface area contributed by atoms with Gasteiger partial charge in [-0.25, -0.2) is 19.4 Å². The standard InChI is InChI=1S/C12H14O4.Na.H/c1-3-5-7-9-11(13)15-16-12(14)10-8-6-4-2;;/h3-10H,1-2H3;;/q;+1;-1/b5-3+,6-4+,9-7+,10-8+;;. The molecule has 0 unspecified atom stereocenters. The third kappa shape index (κ3) is 12.8. The number of hydrogen-bond donors (Lipinski definition) is 0. The van der Waals surface area contributed by atoms with Crippen LogP contribution in [0.15, 0.2) is 48.6 Å². The second-order valence-electron chi connectivity index (χ2n) is 2.57. The zero-order chi connectivity index (χ0) is 12.2. The summed E-state index contributed by atoms with van der Waals surface area (Å²) in [7, 11) is 0. The van der Waals surface area contributed by atoms with Crippen molar-refractivity contribution in [3.05, 3.63) is 48.6 Å². The van der Waals surface area contributed by atoms with Gasteiger partial charge < -0.3 is 1.43 Å². The molecule has 0 aliphatic heterocycles. The normalized spacial score (nSPS) is 11.2. The van der Waals surface area contributed by atoms with E-state index in [9.17, 15) is 9.59 Å². The van der Waals surface area contributed by atoms with Gasteiger partial charge in [0.2, 0.25) is 0 Å². The molecule has 0 fully saturated rings. The molecule has 0 aliphatic rings. The summed E-state index contributed by atoms with van der Waals surface area (Å²) in [5, 5.41) is 0. The smallest absolute Gasteiger partial charge is 1.00 e. The molecule has 5 heteroatoms. The van der Waals surface area contributed by atoms with Gasteiger partial charge in [-0.3, -0.25) is 0 Å². The van der Waals surface area contributed by atoms with E-state index in [1.165, 1.54) is 12.2 Å². The molecule has 0 heterocycles. The maximum Gasteiger partial charge on any atom is 1.00 e. The maximum atomic E-state index is 10.9. The number of allylic oxidation sites excluding steroid dienone is 6. The van der Waals surface area contributed by atoms with Crippen molar-refractivity contribution in [1.82, 2.24) is 0 Å². The van der Waals surface area contributed by atoms with E-state index in [-0.39, 0.29) is 31.0 Å². The van der Waals surface area contributed by atoms with Crippen molar-refractivity contribution in [3.8, 4) is 0 Å². The third-order valence-electron chi connectivity index (χ3n) is 1.28. The van der Waals surface area contributed by atoms with Gasteiger partial charge in [-0.05, 0) is 13.8 Å². The SMILES string of the molecule is C/C=C/C=C/C(=O)OOC(=O)/C=C/C=C/C.[H-].[Na+]. The van der Waals surface area contributed by atoms with Crippen LogP contribution in [0.4, 0.5) is 0 Å². The Morgan fingerprint density at radius 1 is 0.824 bits per heavy atom. The Morgan fingerprint density at radius 3 is 1.47 bits per heavy atom. The van der Waals surface area contributed by atoms with Crippen LogP contribution in [0.2, 0.25) is 0 Å². The predicted octanol–water partition coefficient (Wildman–Crippen LogP) is -0.631. The molecule has 4 nitrogen and oxygen atoms in total. The Morgan fingerprint density at radius 2 is 1.18 bits per heavy atom. The first-order chi connectivity index (χ1) is 7.70. The van der Waals surface area contributed by atoms with Gasteiger partial charge in [0, 0.05) is 12.2 Å². The van der Waals surface area contributed by atoms with Gasteiger partial charge >= 0.3 is 41.5 Å². The molecule has 0 aromatic carbocycles. The van der Waals surface area contributed by atoms with Crippen molar-refractivity contribution in [1.29, 1.82) is 0 Å². The van der Waals surface area contributed by atoms with Crippen molar-refractivity contribution in [2.45, 2.75) is 13.8 Å². The van der Waals surface area contributed by atoms with E-state index in [1.54, 1.807) is 24.3 Å². The van der Waals surface area contributed by atoms with Gasteiger partial charge in [0.25, 0.3) is 0 Å². The van der Waals surface area contributed by atoms with Crippen LogP contribution in [0.3, 0.4) is 0 Å². The van der Waals surface area contributed by atoms with Crippen LogP contribution >= 0.6 is 0 Å². The molecule has 88 valence electrons. The van der Waals surface area contributed by atoms with E-state index in [4.69, 9.17) is 0 Å². The molecule has 0 rings (SSSR count). The predicted molar refractivity (Wildman–Crippen MR) is 61.2 cm³/mol. The van der Waals surface area contributed by atoms with Crippen molar-refractivity contribution < 1.29 is 50.3 Å². The third-order valence-corrected chi connectivity index (χ3v) is 1.28. The van der Waals surface area contributed by atoms with Crippen LogP contribution in [-0.4, -0.2) is 11.9 Å². The molecule has 0 bridgehead atoms.